The number of hydrogen-bond donors (Lipinski definition) is 0. The van der Waals surface area contributed by atoms with Crippen molar-refractivity contribution in [3.8, 4) is 0 Å². The number of likely N-dealkylation sites (N-methyl/N-ethyl adjacent to an activating group) is 2. The first kappa shape index (κ1) is 20.2. The molecule has 0 amide bonds. The molecule has 0 atom stereocenters. The highest BCUT2D eigenvalue weighted by Gasteiger charge is 2.21. The molecule has 0 aliphatic carbocycles. The third kappa shape index (κ3) is 3.57. The van der Waals surface area contributed by atoms with E-state index in [2.05, 4.69) is 0 Å². The number of benzene rings is 1. The molecule has 0 aliphatic heterocycles. The number of fused-ring (bicyclic) bond motifs is 2. The summed E-state index contributed by atoms with van der Waals surface area (Å²) < 4.78 is 3.63. The lowest BCUT2D eigenvalue weighted by Gasteiger charge is -2.23. The summed E-state index contributed by atoms with van der Waals surface area (Å²) in [5, 5.41) is 0.832. The van der Waals surface area contributed by atoms with E-state index in [0.717, 1.165) is 0 Å². The third-order valence-electron chi connectivity index (χ3n) is 5.05. The van der Waals surface area contributed by atoms with Crippen molar-refractivity contribution in [2.45, 2.75) is 13.1 Å². The van der Waals surface area contributed by atoms with Crippen LogP contribution in [0.25, 0.3) is 21.5 Å². The highest BCUT2D eigenvalue weighted by Crippen LogP contribution is 2.14. The van der Waals surface area contributed by atoms with Gasteiger partial charge in [0.25, 0.3) is 22.2 Å². The maximum atomic E-state index is 12.7. The van der Waals surface area contributed by atoms with Crippen LogP contribution in [0.5, 0.6) is 0 Å². The van der Waals surface area contributed by atoms with E-state index >= 15 is 0 Å². The zero-order chi connectivity index (χ0) is 21.0. The van der Waals surface area contributed by atoms with Crippen molar-refractivity contribution in [1.82, 2.24) is 9.13 Å². The van der Waals surface area contributed by atoms with Crippen molar-refractivity contribution in [3.63, 3.8) is 0 Å². The summed E-state index contributed by atoms with van der Waals surface area (Å²) in [4.78, 5) is 50.9. The quantitative estimate of drug-likeness (QED) is 0.525. The zero-order valence-corrected chi connectivity index (χ0v) is 17.4. The van der Waals surface area contributed by atoms with Crippen LogP contribution in [0, 0.1) is 0 Å². The van der Waals surface area contributed by atoms with Gasteiger partial charge in [0.2, 0.25) is 0 Å². The smallest absolute Gasteiger partial charge is 0.261 e. The molecule has 8 heteroatoms. The summed E-state index contributed by atoms with van der Waals surface area (Å²) in [7, 11) is 11.9. The van der Waals surface area contributed by atoms with Gasteiger partial charge in [0.1, 0.15) is 0 Å². The SMILES string of the molecule is C[N+](C)(C)CCn1c(=O)c2cc3c(=O)n(CC[N+](C)(C)C)c(=O)c3cc2c1=O. The number of nitrogens with zero attached hydrogens (tertiary/aromatic N) is 4. The Hall–Kier alpha value is -2.58. The number of aromatic nitrogens is 2. The van der Waals surface area contributed by atoms with E-state index in [4.69, 9.17) is 0 Å². The molecule has 0 saturated carbocycles. The molecule has 0 N–H and O–H groups in total. The van der Waals surface area contributed by atoms with E-state index in [1.807, 2.05) is 42.3 Å². The summed E-state index contributed by atoms with van der Waals surface area (Å²) in [5.41, 5.74) is -1.61. The van der Waals surface area contributed by atoms with Gasteiger partial charge in [-0.15, -0.1) is 0 Å². The highest BCUT2D eigenvalue weighted by atomic mass is 16.2. The number of rotatable bonds is 6. The average Bonchev–Trinajstić information content (AvgIpc) is 2.94. The molecular formula is C20H28N4O4+2. The van der Waals surface area contributed by atoms with Crippen molar-refractivity contribution in [1.29, 1.82) is 0 Å². The van der Waals surface area contributed by atoms with Gasteiger partial charge >= 0.3 is 0 Å². The van der Waals surface area contributed by atoms with Gasteiger partial charge in [0.05, 0.1) is 90.0 Å². The molecule has 2 aromatic heterocycles. The molecule has 0 fully saturated rings. The summed E-state index contributed by atoms with van der Waals surface area (Å²) in [6, 6.07) is 2.84. The molecule has 0 bridgehead atoms. The largest absolute Gasteiger partial charge is 0.329 e. The summed E-state index contributed by atoms with van der Waals surface area (Å²) in [6.45, 7) is 1.81. The zero-order valence-electron chi connectivity index (χ0n) is 17.4. The first-order valence-corrected chi connectivity index (χ1v) is 9.31. The molecule has 1 aromatic carbocycles. The number of quaternary nitrogens is 2. The van der Waals surface area contributed by atoms with Gasteiger partial charge in [-0.3, -0.25) is 28.3 Å². The Morgan fingerprint density at radius 3 is 1.04 bits per heavy atom. The van der Waals surface area contributed by atoms with E-state index < -0.39 is 22.2 Å². The van der Waals surface area contributed by atoms with E-state index in [9.17, 15) is 19.2 Å². The lowest BCUT2D eigenvalue weighted by Crippen LogP contribution is -2.40. The predicted octanol–water partition coefficient (Wildman–Crippen LogP) is -0.675. The van der Waals surface area contributed by atoms with Crippen LogP contribution in [0.4, 0.5) is 0 Å². The Morgan fingerprint density at radius 1 is 0.571 bits per heavy atom. The second-order valence-electron chi connectivity index (χ2n) is 9.50. The molecule has 0 aliphatic rings. The topological polar surface area (TPSA) is 78.1 Å². The Kier molecular flexibility index (Phi) is 4.68. The van der Waals surface area contributed by atoms with Gasteiger partial charge < -0.3 is 8.97 Å². The molecule has 28 heavy (non-hydrogen) atoms. The molecule has 0 spiro atoms. The van der Waals surface area contributed by atoms with Crippen LogP contribution >= 0.6 is 0 Å². The van der Waals surface area contributed by atoms with Crippen molar-refractivity contribution in [2.75, 3.05) is 55.4 Å². The monoisotopic (exact) mass is 388 g/mol. The normalized spacial score (nSPS) is 13.1. The third-order valence-corrected chi connectivity index (χ3v) is 5.05. The van der Waals surface area contributed by atoms with Crippen LogP contribution in [0.15, 0.2) is 31.3 Å². The molecule has 0 radical (unpaired) electrons. The van der Waals surface area contributed by atoms with Crippen molar-refractivity contribution >= 4 is 21.5 Å². The van der Waals surface area contributed by atoms with Crippen molar-refractivity contribution < 1.29 is 8.97 Å². The van der Waals surface area contributed by atoms with Crippen LogP contribution in [0.3, 0.4) is 0 Å². The van der Waals surface area contributed by atoms with Crippen LogP contribution in [-0.2, 0) is 13.1 Å². The van der Waals surface area contributed by atoms with Gasteiger partial charge in [-0.2, -0.15) is 0 Å². The minimum atomic E-state index is -0.402. The maximum absolute atomic E-state index is 12.7. The predicted molar refractivity (Wildman–Crippen MR) is 111 cm³/mol. The van der Waals surface area contributed by atoms with Gasteiger partial charge in [-0.1, -0.05) is 0 Å². The molecule has 3 rings (SSSR count). The van der Waals surface area contributed by atoms with E-state index in [-0.39, 0.29) is 34.6 Å². The molecule has 0 saturated heterocycles. The Balaban J connectivity index is 2.17. The Morgan fingerprint density at radius 2 is 0.821 bits per heavy atom. The first-order valence-electron chi connectivity index (χ1n) is 9.31. The van der Waals surface area contributed by atoms with E-state index in [1.54, 1.807) is 0 Å². The highest BCUT2D eigenvalue weighted by molar-refractivity contribution is 5.97. The van der Waals surface area contributed by atoms with Gasteiger partial charge in [-0.25, -0.2) is 0 Å². The van der Waals surface area contributed by atoms with Crippen LogP contribution in [0.2, 0.25) is 0 Å². The van der Waals surface area contributed by atoms with Gasteiger partial charge in [0.15, 0.2) is 0 Å². The van der Waals surface area contributed by atoms with Crippen molar-refractivity contribution in [2.24, 2.45) is 0 Å². The van der Waals surface area contributed by atoms with E-state index in [0.29, 0.717) is 22.1 Å². The van der Waals surface area contributed by atoms with Crippen LogP contribution in [-0.4, -0.2) is 73.5 Å². The van der Waals surface area contributed by atoms with Crippen LogP contribution < -0.4 is 22.2 Å². The first-order chi connectivity index (χ1) is 12.8. The average molecular weight is 388 g/mol. The minimum Gasteiger partial charge on any atom is -0.329 e. The molecule has 2 heterocycles. The Labute approximate surface area is 162 Å². The summed E-state index contributed by atoms with van der Waals surface area (Å²) in [6.07, 6.45) is 0. The fraction of sp³-hybridized carbons (Fsp3) is 0.500. The molecular weight excluding hydrogens is 360 g/mol. The van der Waals surface area contributed by atoms with Crippen LogP contribution in [0.1, 0.15) is 0 Å². The lowest BCUT2D eigenvalue weighted by atomic mass is 10.1. The molecule has 150 valence electrons. The molecule has 8 nitrogen and oxygen atoms in total. The fourth-order valence-electron chi connectivity index (χ4n) is 3.28. The fourth-order valence-corrected chi connectivity index (χ4v) is 3.28. The minimum absolute atomic E-state index is 0.208. The second-order valence-corrected chi connectivity index (χ2v) is 9.50. The summed E-state index contributed by atoms with van der Waals surface area (Å²) >= 11 is 0. The standard InChI is InChI=1S/C20H28N4O4/c1-23(2,3)9-7-21-17(25)13-11-15-16(12-14(13)18(21)26)20(28)22(19(15)27)8-10-24(4,5)6/h11-12H,7-10H2,1-6H3/q+2. The van der Waals surface area contributed by atoms with Gasteiger partial charge in [-0.05, 0) is 12.1 Å². The van der Waals surface area contributed by atoms with Gasteiger partial charge in [0, 0.05) is 0 Å². The van der Waals surface area contributed by atoms with Crippen molar-refractivity contribution in [3.05, 3.63) is 53.5 Å². The Bertz CT molecular complexity index is 1080. The summed E-state index contributed by atoms with van der Waals surface area (Å²) in [5.74, 6) is 0. The maximum Gasteiger partial charge on any atom is 0.261 e. The molecule has 3 aromatic rings. The van der Waals surface area contributed by atoms with E-state index in [1.165, 1.54) is 21.3 Å². The number of hydrogen-bond acceptors (Lipinski definition) is 4. The lowest BCUT2D eigenvalue weighted by molar-refractivity contribution is -0.871. The molecule has 0 unspecified atom stereocenters. The second kappa shape index (κ2) is 6.49.